The summed E-state index contributed by atoms with van der Waals surface area (Å²) in [6.45, 7) is 4.10. The molecule has 10 heteroatoms. The number of hydrogen-bond donors (Lipinski definition) is 0. The smallest absolute Gasteiger partial charge is 0.429 e. The van der Waals surface area contributed by atoms with Gasteiger partial charge in [-0.3, -0.25) is 0 Å². The summed E-state index contributed by atoms with van der Waals surface area (Å²) in [6, 6.07) is 6.39. The van der Waals surface area contributed by atoms with Crippen molar-refractivity contribution in [3.05, 3.63) is 81.9 Å². The fourth-order valence-corrected chi connectivity index (χ4v) is 5.22. The molecular weight excluding hydrogens is 538 g/mol. The van der Waals surface area contributed by atoms with Crippen molar-refractivity contribution in [3.63, 3.8) is 0 Å². The maximum Gasteiger partial charge on any atom is 0.429 e. The molecule has 4 nitrogen and oxygen atoms in total. The summed E-state index contributed by atoms with van der Waals surface area (Å²) in [5, 5.41) is 0. The van der Waals surface area contributed by atoms with Gasteiger partial charge in [-0.25, -0.2) is 13.2 Å². The van der Waals surface area contributed by atoms with Crippen molar-refractivity contribution in [2.24, 2.45) is 0 Å². The van der Waals surface area contributed by atoms with Crippen molar-refractivity contribution < 1.29 is 45.3 Å². The van der Waals surface area contributed by atoms with E-state index in [1.54, 1.807) is 6.92 Å². The molecule has 0 bridgehead atoms. The largest absolute Gasteiger partial charge is 0.491 e. The first-order chi connectivity index (χ1) is 19.1. The third-order valence-electron chi connectivity index (χ3n) is 7.21. The highest BCUT2D eigenvalue weighted by Crippen LogP contribution is 2.46. The van der Waals surface area contributed by atoms with Gasteiger partial charge < -0.3 is 18.9 Å². The van der Waals surface area contributed by atoms with Crippen LogP contribution in [0.25, 0.3) is 0 Å². The highest BCUT2D eigenvalue weighted by molar-refractivity contribution is 5.54. The molecule has 5 rings (SSSR count). The van der Waals surface area contributed by atoms with Gasteiger partial charge in [-0.2, -0.15) is 13.2 Å². The Bertz CT molecular complexity index is 1400. The summed E-state index contributed by atoms with van der Waals surface area (Å²) in [6.07, 6.45) is -1.00. The van der Waals surface area contributed by atoms with E-state index in [-0.39, 0.29) is 54.1 Å². The number of halogens is 6. The Morgan fingerprint density at radius 2 is 1.68 bits per heavy atom. The van der Waals surface area contributed by atoms with Gasteiger partial charge in [0.15, 0.2) is 34.7 Å². The molecule has 3 aromatic carbocycles. The summed E-state index contributed by atoms with van der Waals surface area (Å²) >= 11 is 0. The number of rotatable bonds is 8. The average molecular weight is 567 g/mol. The lowest BCUT2D eigenvalue weighted by atomic mass is 9.87. The zero-order valence-electron chi connectivity index (χ0n) is 22.0. The Labute approximate surface area is 227 Å². The molecule has 1 saturated heterocycles. The summed E-state index contributed by atoms with van der Waals surface area (Å²) in [7, 11) is 0. The molecule has 0 spiro atoms. The Balaban J connectivity index is 1.40. The van der Waals surface area contributed by atoms with Crippen molar-refractivity contribution in [2.75, 3.05) is 13.2 Å². The quantitative estimate of drug-likeness (QED) is 0.200. The van der Waals surface area contributed by atoms with Gasteiger partial charge >= 0.3 is 6.11 Å². The number of hydrogen-bond acceptors (Lipinski definition) is 4. The van der Waals surface area contributed by atoms with E-state index >= 15 is 22.0 Å². The lowest BCUT2D eigenvalue weighted by Crippen LogP contribution is -2.26. The molecule has 2 aliphatic heterocycles. The molecule has 0 aromatic heterocycles. The van der Waals surface area contributed by atoms with Crippen LogP contribution in [0.1, 0.15) is 67.7 Å². The van der Waals surface area contributed by atoms with E-state index in [9.17, 15) is 4.39 Å². The third kappa shape index (κ3) is 5.33. The number of alkyl halides is 2. The molecule has 2 aliphatic rings. The molecule has 2 heterocycles. The van der Waals surface area contributed by atoms with Crippen molar-refractivity contribution in [2.45, 2.75) is 64.1 Å². The predicted molar refractivity (Wildman–Crippen MR) is 134 cm³/mol. The number of ether oxygens (including phenoxy) is 4. The maximum absolute atomic E-state index is 15.4. The normalized spacial score (nSPS) is 18.5. The molecule has 0 aliphatic carbocycles. The zero-order valence-corrected chi connectivity index (χ0v) is 22.0. The van der Waals surface area contributed by atoms with Crippen LogP contribution in [-0.4, -0.2) is 19.3 Å². The molecule has 3 aromatic rings. The van der Waals surface area contributed by atoms with Crippen LogP contribution >= 0.6 is 0 Å². The zero-order chi connectivity index (χ0) is 28.6. The fourth-order valence-electron chi connectivity index (χ4n) is 5.22. The minimum absolute atomic E-state index is 0.0609. The van der Waals surface area contributed by atoms with Crippen molar-refractivity contribution >= 4 is 0 Å². The van der Waals surface area contributed by atoms with Gasteiger partial charge in [0.1, 0.15) is 11.3 Å². The maximum atomic E-state index is 15.4. The molecule has 0 radical (unpaired) electrons. The lowest BCUT2D eigenvalue weighted by molar-refractivity contribution is -0.187. The molecule has 40 heavy (non-hydrogen) atoms. The molecule has 0 N–H and O–H groups in total. The van der Waals surface area contributed by atoms with Gasteiger partial charge in [0.25, 0.3) is 0 Å². The van der Waals surface area contributed by atoms with Crippen molar-refractivity contribution in [1.29, 1.82) is 0 Å². The van der Waals surface area contributed by atoms with Crippen LogP contribution in [0.3, 0.4) is 0 Å². The third-order valence-corrected chi connectivity index (χ3v) is 7.21. The number of benzene rings is 3. The van der Waals surface area contributed by atoms with Crippen LogP contribution in [0.5, 0.6) is 23.0 Å². The van der Waals surface area contributed by atoms with Gasteiger partial charge in [-0.1, -0.05) is 19.4 Å². The van der Waals surface area contributed by atoms with E-state index in [1.807, 2.05) is 0 Å². The lowest BCUT2D eigenvalue weighted by Gasteiger charge is -2.31. The predicted octanol–water partition coefficient (Wildman–Crippen LogP) is 8.53. The van der Waals surface area contributed by atoms with Gasteiger partial charge in [0.2, 0.25) is 5.82 Å². The molecule has 2 unspecified atom stereocenters. The number of fused-ring (bicyclic) bond motifs is 2. The summed E-state index contributed by atoms with van der Waals surface area (Å²) in [5.74, 6) is -7.15. The van der Waals surface area contributed by atoms with E-state index in [4.69, 9.17) is 14.2 Å². The summed E-state index contributed by atoms with van der Waals surface area (Å²) < 4.78 is 111. The van der Waals surface area contributed by atoms with Gasteiger partial charge in [0.05, 0.1) is 19.3 Å². The van der Waals surface area contributed by atoms with Crippen LogP contribution in [0.15, 0.2) is 36.4 Å². The first-order valence-corrected chi connectivity index (χ1v) is 13.2. The SMILES string of the molecule is CCCC1CCC(c2cc3c(c(F)c2F)Oc2c(ccc(C(F)(F)Oc4ccc(OCC)c(F)c4)c2F)C3)CO1. The highest BCUT2D eigenvalue weighted by atomic mass is 19.3. The summed E-state index contributed by atoms with van der Waals surface area (Å²) in [5.41, 5.74) is -0.603. The fraction of sp³-hybridized carbons (Fsp3) is 0.400. The molecular formula is C30H28F6O4. The Morgan fingerprint density at radius 3 is 2.35 bits per heavy atom. The van der Waals surface area contributed by atoms with Crippen LogP contribution in [0.2, 0.25) is 0 Å². The minimum atomic E-state index is -4.24. The van der Waals surface area contributed by atoms with E-state index < -0.39 is 52.2 Å². The molecule has 0 amide bonds. The van der Waals surface area contributed by atoms with Crippen LogP contribution < -0.4 is 14.2 Å². The first-order valence-electron chi connectivity index (χ1n) is 13.2. The minimum Gasteiger partial charge on any atom is -0.491 e. The molecule has 2 atom stereocenters. The van der Waals surface area contributed by atoms with Crippen LogP contribution in [0.4, 0.5) is 26.3 Å². The Kier molecular flexibility index (Phi) is 7.90. The van der Waals surface area contributed by atoms with Crippen LogP contribution in [-0.2, 0) is 17.3 Å². The van der Waals surface area contributed by atoms with Gasteiger partial charge in [0, 0.05) is 29.5 Å². The Hall–Kier alpha value is -3.40. The van der Waals surface area contributed by atoms with E-state index in [0.717, 1.165) is 37.5 Å². The monoisotopic (exact) mass is 566 g/mol. The highest BCUT2D eigenvalue weighted by Gasteiger charge is 2.41. The second-order valence-corrected chi connectivity index (χ2v) is 9.94. The van der Waals surface area contributed by atoms with Gasteiger partial charge in [-0.05, 0) is 56.0 Å². The Morgan fingerprint density at radius 1 is 0.900 bits per heavy atom. The molecule has 214 valence electrons. The van der Waals surface area contributed by atoms with Gasteiger partial charge in [-0.15, -0.1) is 0 Å². The van der Waals surface area contributed by atoms with E-state index in [2.05, 4.69) is 11.7 Å². The molecule has 1 fully saturated rings. The summed E-state index contributed by atoms with van der Waals surface area (Å²) in [4.78, 5) is 0. The average Bonchev–Trinajstić information content (AvgIpc) is 2.92. The second-order valence-electron chi connectivity index (χ2n) is 9.94. The van der Waals surface area contributed by atoms with Crippen LogP contribution in [0, 0.1) is 23.3 Å². The first kappa shape index (κ1) is 28.1. The molecule has 0 saturated carbocycles. The standard InChI is InChI=1S/C30H28F6O4/c1-3-5-19-8-6-17(15-38-19)21-13-18-12-16-7-10-22(26(33)28(16)39-29(18)27(34)25(21)32)30(35,36)40-20-9-11-24(37-4-2)23(31)14-20/h7,9-11,13-14,17,19H,3-6,8,12,15H2,1-2H3. The van der Waals surface area contributed by atoms with Crippen molar-refractivity contribution in [1.82, 2.24) is 0 Å². The van der Waals surface area contributed by atoms with Crippen molar-refractivity contribution in [3.8, 4) is 23.0 Å². The van der Waals surface area contributed by atoms with E-state index in [1.165, 1.54) is 12.1 Å². The second kappa shape index (κ2) is 11.2. The topological polar surface area (TPSA) is 36.9 Å². The van der Waals surface area contributed by atoms with E-state index in [0.29, 0.717) is 12.5 Å².